The zero-order valence-electron chi connectivity index (χ0n) is 11.0. The quantitative estimate of drug-likeness (QED) is 0.633. The Kier molecular flexibility index (Phi) is 5.56. The summed E-state index contributed by atoms with van der Waals surface area (Å²) in [6, 6.07) is 0. The first-order chi connectivity index (χ1) is 10.5. The van der Waals surface area contributed by atoms with Crippen LogP contribution in [-0.2, 0) is 15.8 Å². The zero-order valence-corrected chi connectivity index (χ0v) is 11.0. The van der Waals surface area contributed by atoms with Crippen LogP contribution in [0.15, 0.2) is 0 Å². The number of carbonyl (C=O) groups excluding carboxylic acids is 1. The number of hydrogen-bond donors (Lipinski definition) is 2. The molecule has 0 radical (unpaired) electrons. The van der Waals surface area contributed by atoms with Gasteiger partial charge in [-0.1, -0.05) is 0 Å². The third-order valence-electron chi connectivity index (χ3n) is 2.61. The van der Waals surface area contributed by atoms with Gasteiger partial charge in [0.15, 0.2) is 23.3 Å². The summed E-state index contributed by atoms with van der Waals surface area (Å²) in [5.41, 5.74) is -4.47. The number of halogens is 7. The summed E-state index contributed by atoms with van der Waals surface area (Å²) < 4.78 is 90.5. The highest BCUT2D eigenvalue weighted by atomic mass is 19.4. The number of alkyl halides is 3. The van der Waals surface area contributed by atoms with E-state index in [-0.39, 0.29) is 6.42 Å². The van der Waals surface area contributed by atoms with Crippen LogP contribution < -0.4 is 5.32 Å². The summed E-state index contributed by atoms with van der Waals surface area (Å²) >= 11 is 0. The van der Waals surface area contributed by atoms with Crippen molar-refractivity contribution in [1.82, 2.24) is 0 Å². The lowest BCUT2D eigenvalue weighted by molar-refractivity contribution is -0.143. The average molecular weight is 347 g/mol. The van der Waals surface area contributed by atoms with Crippen LogP contribution in [0.1, 0.15) is 24.8 Å². The predicted octanol–water partition coefficient (Wildman–Crippen LogP) is 3.46. The predicted molar refractivity (Wildman–Crippen MR) is 61.4 cm³/mol. The second kappa shape index (κ2) is 6.84. The van der Waals surface area contributed by atoms with E-state index in [1.54, 1.807) is 0 Å². The number of anilines is 1. The fraction of sp³-hybridized carbons (Fsp3) is 0.333. The summed E-state index contributed by atoms with van der Waals surface area (Å²) in [7, 11) is 0. The van der Waals surface area contributed by atoms with E-state index < -0.39 is 65.4 Å². The van der Waals surface area contributed by atoms with E-state index in [9.17, 15) is 40.3 Å². The first-order valence-electron chi connectivity index (χ1n) is 5.91. The van der Waals surface area contributed by atoms with Crippen LogP contribution in [0.3, 0.4) is 0 Å². The largest absolute Gasteiger partial charge is 0.481 e. The molecule has 0 aliphatic carbocycles. The molecule has 0 aromatic heterocycles. The molecule has 0 saturated carbocycles. The molecule has 1 aromatic rings. The van der Waals surface area contributed by atoms with Gasteiger partial charge in [0.2, 0.25) is 5.91 Å². The van der Waals surface area contributed by atoms with Crippen LogP contribution in [0.2, 0.25) is 0 Å². The topological polar surface area (TPSA) is 66.4 Å². The smallest absolute Gasteiger partial charge is 0.422 e. The summed E-state index contributed by atoms with van der Waals surface area (Å²) in [4.78, 5) is 21.5. The van der Waals surface area contributed by atoms with Gasteiger partial charge in [0.1, 0.15) is 11.3 Å². The standard InChI is InChI=1S/C12H8F7NO3/c13-7-6(12(17,18)19)8(14)10(16)11(9(7)15)20-4(21)2-1-3-5(22)23/h1-3H2,(H,20,21)(H,22,23). The van der Waals surface area contributed by atoms with Crippen molar-refractivity contribution in [2.24, 2.45) is 0 Å². The maximum absolute atomic E-state index is 13.5. The third kappa shape index (κ3) is 4.33. The number of hydrogen-bond acceptors (Lipinski definition) is 2. The summed E-state index contributed by atoms with van der Waals surface area (Å²) in [5.74, 6) is -12.7. The Morgan fingerprint density at radius 3 is 1.78 bits per heavy atom. The second-order valence-corrected chi connectivity index (χ2v) is 4.30. The van der Waals surface area contributed by atoms with E-state index in [2.05, 4.69) is 0 Å². The molecule has 0 atom stereocenters. The Bertz CT molecular complexity index is 614. The van der Waals surface area contributed by atoms with Crippen molar-refractivity contribution < 1.29 is 45.4 Å². The van der Waals surface area contributed by atoms with E-state index in [0.717, 1.165) is 0 Å². The molecule has 0 unspecified atom stereocenters. The zero-order chi connectivity index (χ0) is 17.9. The molecule has 1 amide bonds. The van der Waals surface area contributed by atoms with Crippen LogP contribution in [0.25, 0.3) is 0 Å². The molecule has 0 saturated heterocycles. The van der Waals surface area contributed by atoms with E-state index in [1.807, 2.05) is 0 Å². The van der Waals surface area contributed by atoms with E-state index in [4.69, 9.17) is 5.11 Å². The van der Waals surface area contributed by atoms with Crippen molar-refractivity contribution in [2.45, 2.75) is 25.4 Å². The van der Waals surface area contributed by atoms with Gasteiger partial charge in [0.05, 0.1) is 0 Å². The highest BCUT2D eigenvalue weighted by Crippen LogP contribution is 2.38. The number of rotatable bonds is 5. The molecule has 0 aliphatic heterocycles. The molecule has 0 fully saturated rings. The van der Waals surface area contributed by atoms with Gasteiger partial charge in [-0.25, -0.2) is 17.6 Å². The van der Waals surface area contributed by atoms with Crippen molar-refractivity contribution in [3.63, 3.8) is 0 Å². The fourth-order valence-electron chi connectivity index (χ4n) is 1.59. The maximum Gasteiger partial charge on any atom is 0.422 e. The van der Waals surface area contributed by atoms with Crippen LogP contribution in [-0.4, -0.2) is 17.0 Å². The number of nitrogens with one attached hydrogen (secondary N) is 1. The summed E-state index contributed by atoms with van der Waals surface area (Å²) in [6.45, 7) is 0. The third-order valence-corrected chi connectivity index (χ3v) is 2.61. The Balaban J connectivity index is 3.10. The lowest BCUT2D eigenvalue weighted by atomic mass is 10.1. The van der Waals surface area contributed by atoms with E-state index >= 15 is 0 Å². The van der Waals surface area contributed by atoms with Gasteiger partial charge in [-0.2, -0.15) is 13.2 Å². The van der Waals surface area contributed by atoms with Gasteiger partial charge < -0.3 is 10.4 Å². The molecular weight excluding hydrogens is 339 g/mol. The number of amides is 1. The first-order valence-corrected chi connectivity index (χ1v) is 5.91. The van der Waals surface area contributed by atoms with Gasteiger partial charge in [-0.05, 0) is 6.42 Å². The van der Waals surface area contributed by atoms with Gasteiger partial charge in [-0.3, -0.25) is 9.59 Å². The van der Waals surface area contributed by atoms with Gasteiger partial charge in [-0.15, -0.1) is 0 Å². The molecular formula is C12H8F7NO3. The molecule has 0 aliphatic rings. The normalized spacial score (nSPS) is 11.4. The molecule has 11 heteroatoms. The Morgan fingerprint density at radius 1 is 0.913 bits per heavy atom. The summed E-state index contributed by atoms with van der Waals surface area (Å²) in [6.07, 6.45) is -6.97. The van der Waals surface area contributed by atoms with Crippen molar-refractivity contribution >= 4 is 17.6 Å². The average Bonchev–Trinajstić information content (AvgIpc) is 2.39. The molecule has 128 valence electrons. The minimum absolute atomic E-state index is 0.254. The number of carbonyl (C=O) groups is 2. The van der Waals surface area contributed by atoms with Crippen molar-refractivity contribution in [1.29, 1.82) is 0 Å². The second-order valence-electron chi connectivity index (χ2n) is 4.30. The molecule has 1 rings (SSSR count). The molecule has 23 heavy (non-hydrogen) atoms. The van der Waals surface area contributed by atoms with E-state index in [1.165, 1.54) is 5.32 Å². The number of carboxylic acid groups (broad SMARTS) is 1. The Labute approximate surface area is 123 Å². The highest BCUT2D eigenvalue weighted by Gasteiger charge is 2.42. The highest BCUT2D eigenvalue weighted by molar-refractivity contribution is 5.91. The van der Waals surface area contributed by atoms with Crippen LogP contribution in [0, 0.1) is 23.3 Å². The summed E-state index contributed by atoms with van der Waals surface area (Å²) in [5, 5.41) is 9.71. The molecule has 0 heterocycles. The molecule has 0 bridgehead atoms. The first kappa shape index (κ1) is 18.7. The molecule has 1 aromatic carbocycles. The lowest BCUT2D eigenvalue weighted by Gasteiger charge is -2.14. The number of carboxylic acids is 1. The van der Waals surface area contributed by atoms with Gasteiger partial charge in [0, 0.05) is 12.8 Å². The fourth-order valence-corrected chi connectivity index (χ4v) is 1.59. The molecule has 0 spiro atoms. The lowest BCUT2D eigenvalue weighted by Crippen LogP contribution is -2.20. The monoisotopic (exact) mass is 347 g/mol. The number of aliphatic carboxylic acids is 1. The maximum atomic E-state index is 13.5. The van der Waals surface area contributed by atoms with Crippen molar-refractivity contribution in [2.75, 3.05) is 5.32 Å². The van der Waals surface area contributed by atoms with Gasteiger partial charge in [0.25, 0.3) is 0 Å². The Morgan fingerprint density at radius 2 is 1.39 bits per heavy atom. The van der Waals surface area contributed by atoms with Crippen LogP contribution in [0.5, 0.6) is 0 Å². The van der Waals surface area contributed by atoms with Crippen molar-refractivity contribution in [3.8, 4) is 0 Å². The SMILES string of the molecule is O=C(O)CCCC(=O)Nc1c(F)c(F)c(C(F)(F)F)c(F)c1F. The van der Waals surface area contributed by atoms with Crippen LogP contribution in [0.4, 0.5) is 36.4 Å². The Hall–Kier alpha value is -2.33. The minimum atomic E-state index is -5.68. The molecule has 4 nitrogen and oxygen atoms in total. The van der Waals surface area contributed by atoms with Crippen LogP contribution >= 0.6 is 0 Å². The number of benzene rings is 1. The van der Waals surface area contributed by atoms with E-state index in [0.29, 0.717) is 0 Å². The minimum Gasteiger partial charge on any atom is -0.481 e. The molecule has 2 N–H and O–H groups in total. The van der Waals surface area contributed by atoms with Gasteiger partial charge >= 0.3 is 12.1 Å². The van der Waals surface area contributed by atoms with Crippen molar-refractivity contribution in [3.05, 3.63) is 28.8 Å².